The Kier molecular flexibility index (Phi) is 6.20. The first-order chi connectivity index (χ1) is 16.7. The van der Waals surface area contributed by atoms with E-state index in [0.29, 0.717) is 29.8 Å². The van der Waals surface area contributed by atoms with Crippen LogP contribution in [0.15, 0.2) is 77.3 Å². The SMILES string of the molecule is O=C(COC(=O)CCc1ncc(-c2ccccc2)o1)Nc1cc(C2CC2)nn1-c1ccccc1. The first-order valence-electron chi connectivity index (χ1n) is 11.3. The second kappa shape index (κ2) is 9.74. The van der Waals surface area contributed by atoms with Gasteiger partial charge in [0.1, 0.15) is 5.82 Å². The lowest BCUT2D eigenvalue weighted by Gasteiger charge is -2.09. The van der Waals surface area contributed by atoms with Crippen molar-refractivity contribution in [2.24, 2.45) is 0 Å². The number of para-hydroxylation sites is 1. The smallest absolute Gasteiger partial charge is 0.306 e. The van der Waals surface area contributed by atoms with Crippen LogP contribution in [0.25, 0.3) is 17.0 Å². The molecule has 8 nitrogen and oxygen atoms in total. The number of ether oxygens (including phenoxy) is 1. The summed E-state index contributed by atoms with van der Waals surface area (Å²) in [5, 5.41) is 7.47. The number of esters is 1. The highest BCUT2D eigenvalue weighted by Gasteiger charge is 2.28. The third-order valence-corrected chi connectivity index (χ3v) is 5.51. The third-order valence-electron chi connectivity index (χ3n) is 5.51. The molecule has 1 N–H and O–H groups in total. The minimum absolute atomic E-state index is 0.0653. The number of amides is 1. The van der Waals surface area contributed by atoms with Gasteiger partial charge in [-0.3, -0.25) is 9.59 Å². The van der Waals surface area contributed by atoms with E-state index in [1.807, 2.05) is 66.7 Å². The summed E-state index contributed by atoms with van der Waals surface area (Å²) in [6, 6.07) is 21.1. The zero-order chi connectivity index (χ0) is 23.3. The second-order valence-electron chi connectivity index (χ2n) is 8.17. The van der Waals surface area contributed by atoms with E-state index in [9.17, 15) is 9.59 Å². The fraction of sp³-hybridized carbons (Fsp3) is 0.231. The van der Waals surface area contributed by atoms with Gasteiger partial charge in [0.15, 0.2) is 18.3 Å². The molecule has 0 radical (unpaired) electrons. The standard InChI is InChI=1S/C26H24N4O4/c31-24(28-23-15-21(18-11-12-18)29-30(23)20-9-5-2-6-10-20)17-33-26(32)14-13-25-27-16-22(34-25)19-7-3-1-4-8-19/h1-10,15-16,18H,11-14,17H2,(H,28,31). The van der Waals surface area contributed by atoms with Crippen molar-refractivity contribution < 1.29 is 18.7 Å². The van der Waals surface area contributed by atoms with E-state index in [1.54, 1.807) is 10.9 Å². The number of benzene rings is 2. The molecule has 5 rings (SSSR count). The van der Waals surface area contributed by atoms with Crippen LogP contribution in [0.1, 0.15) is 36.8 Å². The van der Waals surface area contributed by atoms with E-state index < -0.39 is 11.9 Å². The lowest BCUT2D eigenvalue weighted by molar-refractivity contribution is -0.147. The van der Waals surface area contributed by atoms with Crippen molar-refractivity contribution in [1.82, 2.24) is 14.8 Å². The summed E-state index contributed by atoms with van der Waals surface area (Å²) in [6.07, 6.45) is 4.20. The molecule has 1 saturated carbocycles. The van der Waals surface area contributed by atoms with Crippen molar-refractivity contribution in [3.8, 4) is 17.0 Å². The number of carbonyl (C=O) groups is 2. The Bertz CT molecular complexity index is 1280. The maximum absolute atomic E-state index is 12.5. The number of hydrogen-bond donors (Lipinski definition) is 1. The highest BCUT2D eigenvalue weighted by atomic mass is 16.5. The quantitative estimate of drug-likeness (QED) is 0.372. The summed E-state index contributed by atoms with van der Waals surface area (Å²) in [7, 11) is 0. The number of rotatable bonds is 9. The van der Waals surface area contributed by atoms with E-state index in [0.717, 1.165) is 29.8 Å². The minimum Gasteiger partial charge on any atom is -0.456 e. The molecule has 1 aliphatic carbocycles. The average molecular weight is 457 g/mol. The number of nitrogens with one attached hydrogen (secondary N) is 1. The average Bonchev–Trinajstić information content (AvgIpc) is 3.47. The molecular weight excluding hydrogens is 432 g/mol. The molecule has 4 aromatic rings. The van der Waals surface area contributed by atoms with Crippen LogP contribution in [0, 0.1) is 0 Å². The Morgan fingerprint density at radius 2 is 1.79 bits per heavy atom. The van der Waals surface area contributed by atoms with Crippen molar-refractivity contribution in [3.63, 3.8) is 0 Å². The number of carbonyl (C=O) groups excluding carboxylic acids is 2. The molecule has 1 fully saturated rings. The molecular formula is C26H24N4O4. The molecule has 0 unspecified atom stereocenters. The molecule has 0 saturated heterocycles. The van der Waals surface area contributed by atoms with Crippen LogP contribution < -0.4 is 5.32 Å². The molecule has 8 heteroatoms. The third kappa shape index (κ3) is 5.23. The second-order valence-corrected chi connectivity index (χ2v) is 8.17. The topological polar surface area (TPSA) is 99.2 Å². The predicted molar refractivity (Wildman–Crippen MR) is 125 cm³/mol. The predicted octanol–water partition coefficient (Wildman–Crippen LogP) is 4.52. The molecule has 2 heterocycles. The Morgan fingerprint density at radius 3 is 2.53 bits per heavy atom. The summed E-state index contributed by atoms with van der Waals surface area (Å²) < 4.78 is 12.6. The van der Waals surface area contributed by atoms with Gasteiger partial charge >= 0.3 is 5.97 Å². The van der Waals surface area contributed by atoms with Gasteiger partial charge in [-0.05, 0) is 25.0 Å². The highest BCUT2D eigenvalue weighted by molar-refractivity contribution is 5.92. The van der Waals surface area contributed by atoms with E-state index in [4.69, 9.17) is 9.15 Å². The Morgan fingerprint density at radius 1 is 1.06 bits per heavy atom. The summed E-state index contributed by atoms with van der Waals surface area (Å²) in [6.45, 7) is -0.377. The zero-order valence-electron chi connectivity index (χ0n) is 18.5. The lowest BCUT2D eigenvalue weighted by Crippen LogP contribution is -2.22. The van der Waals surface area contributed by atoms with Crippen molar-refractivity contribution in [2.45, 2.75) is 31.6 Å². The maximum Gasteiger partial charge on any atom is 0.306 e. The Balaban J connectivity index is 1.13. The molecule has 1 amide bonds. The van der Waals surface area contributed by atoms with E-state index >= 15 is 0 Å². The molecule has 2 aromatic heterocycles. The fourth-order valence-corrected chi connectivity index (χ4v) is 3.60. The molecule has 0 bridgehead atoms. The van der Waals surface area contributed by atoms with E-state index in [-0.39, 0.29) is 13.0 Å². The highest BCUT2D eigenvalue weighted by Crippen LogP contribution is 2.40. The van der Waals surface area contributed by atoms with Crippen molar-refractivity contribution >= 4 is 17.7 Å². The summed E-state index contributed by atoms with van der Waals surface area (Å²) in [5.41, 5.74) is 2.72. The number of aromatic nitrogens is 3. The van der Waals surface area contributed by atoms with Crippen LogP contribution in [-0.4, -0.2) is 33.2 Å². The van der Waals surface area contributed by atoms with Gasteiger partial charge in [-0.1, -0.05) is 48.5 Å². The van der Waals surface area contributed by atoms with Gasteiger partial charge < -0.3 is 14.5 Å². The fourth-order valence-electron chi connectivity index (χ4n) is 3.60. The lowest BCUT2D eigenvalue weighted by atomic mass is 10.2. The number of oxazole rings is 1. The van der Waals surface area contributed by atoms with Crippen LogP contribution in [0.5, 0.6) is 0 Å². The molecule has 0 spiro atoms. The van der Waals surface area contributed by atoms with Gasteiger partial charge in [0, 0.05) is 24.0 Å². The van der Waals surface area contributed by atoms with Crippen molar-refractivity contribution in [3.05, 3.63) is 84.5 Å². The first kappa shape index (κ1) is 21.6. The largest absolute Gasteiger partial charge is 0.456 e. The molecule has 34 heavy (non-hydrogen) atoms. The molecule has 2 aromatic carbocycles. The van der Waals surface area contributed by atoms with Crippen LogP contribution in [0.2, 0.25) is 0 Å². The first-order valence-corrected chi connectivity index (χ1v) is 11.3. The molecule has 172 valence electrons. The van der Waals surface area contributed by atoms with E-state index in [1.165, 1.54) is 0 Å². The van der Waals surface area contributed by atoms with Gasteiger partial charge in [0.05, 0.1) is 24.0 Å². The number of nitrogens with zero attached hydrogens (tertiary/aromatic N) is 3. The van der Waals surface area contributed by atoms with Crippen molar-refractivity contribution in [2.75, 3.05) is 11.9 Å². The number of hydrogen-bond acceptors (Lipinski definition) is 6. The van der Waals surface area contributed by atoms with Crippen LogP contribution in [0.3, 0.4) is 0 Å². The van der Waals surface area contributed by atoms with Gasteiger partial charge in [-0.2, -0.15) is 5.10 Å². The number of anilines is 1. The van der Waals surface area contributed by atoms with Gasteiger partial charge in [0.2, 0.25) is 0 Å². The summed E-state index contributed by atoms with van der Waals surface area (Å²) in [4.78, 5) is 28.8. The minimum atomic E-state index is -0.496. The van der Waals surface area contributed by atoms with Gasteiger partial charge in [0.25, 0.3) is 5.91 Å². The van der Waals surface area contributed by atoms with Crippen LogP contribution >= 0.6 is 0 Å². The monoisotopic (exact) mass is 456 g/mol. The van der Waals surface area contributed by atoms with Crippen LogP contribution in [-0.2, 0) is 20.7 Å². The van der Waals surface area contributed by atoms with Gasteiger partial charge in [-0.25, -0.2) is 9.67 Å². The number of aryl methyl sites for hydroxylation is 1. The summed E-state index contributed by atoms with van der Waals surface area (Å²) >= 11 is 0. The Labute approximate surface area is 196 Å². The molecule has 0 atom stereocenters. The molecule has 0 aliphatic heterocycles. The van der Waals surface area contributed by atoms with Crippen molar-refractivity contribution in [1.29, 1.82) is 0 Å². The zero-order valence-corrected chi connectivity index (χ0v) is 18.5. The maximum atomic E-state index is 12.5. The Hall–Kier alpha value is -4.20. The van der Waals surface area contributed by atoms with Crippen LogP contribution in [0.4, 0.5) is 5.82 Å². The normalized spacial score (nSPS) is 12.9. The molecule has 1 aliphatic rings. The van der Waals surface area contributed by atoms with Gasteiger partial charge in [-0.15, -0.1) is 0 Å². The summed E-state index contributed by atoms with van der Waals surface area (Å²) in [5.74, 6) is 1.17. The van der Waals surface area contributed by atoms with E-state index in [2.05, 4.69) is 15.4 Å².